The number of amides is 1. The third-order valence-corrected chi connectivity index (χ3v) is 6.47. The fraction of sp³-hybridized carbons (Fsp3) is 0.321. The molecule has 0 bridgehead atoms. The summed E-state index contributed by atoms with van der Waals surface area (Å²) < 4.78 is 62.6. The van der Waals surface area contributed by atoms with E-state index in [1.54, 1.807) is 44.2 Å². The number of morpholine rings is 1. The maximum Gasteiger partial charge on any atom is 0.573 e. The third-order valence-electron chi connectivity index (χ3n) is 6.47. The van der Waals surface area contributed by atoms with Gasteiger partial charge in [-0.2, -0.15) is 0 Å². The summed E-state index contributed by atoms with van der Waals surface area (Å²) in [5.74, 6) is -2.05. The van der Waals surface area contributed by atoms with Crippen LogP contribution in [0.25, 0.3) is 11.3 Å². The van der Waals surface area contributed by atoms with Crippen LogP contribution in [0, 0.1) is 5.82 Å². The van der Waals surface area contributed by atoms with E-state index in [-0.39, 0.29) is 17.7 Å². The standard InChI is InChI=1S/C28H27F4N3O4/c1-27(2,35-11-13-38-14-12-35)26(37)34-23-16-19(8-10-25(23)39-28(30,31)32)24(36)15-18-7-9-22(33-17-18)20-5-3-4-6-21(20)29/h3-10,16-17H,11-15H2,1-2H3,(H,34,37). The molecule has 0 radical (unpaired) electrons. The van der Waals surface area contributed by atoms with Gasteiger partial charge in [0.25, 0.3) is 0 Å². The minimum absolute atomic E-state index is 0.0715. The minimum Gasteiger partial charge on any atom is -0.404 e. The zero-order valence-corrected chi connectivity index (χ0v) is 21.3. The lowest BCUT2D eigenvalue weighted by Crippen LogP contribution is -2.56. The van der Waals surface area contributed by atoms with Crippen molar-refractivity contribution in [1.29, 1.82) is 0 Å². The molecule has 1 aromatic heterocycles. The first kappa shape index (κ1) is 28.2. The molecule has 7 nitrogen and oxygen atoms in total. The summed E-state index contributed by atoms with van der Waals surface area (Å²) >= 11 is 0. The van der Waals surface area contributed by atoms with Crippen LogP contribution in [-0.4, -0.2) is 59.8 Å². The number of carbonyl (C=O) groups excluding carboxylic acids is 2. The van der Waals surface area contributed by atoms with Crippen molar-refractivity contribution in [1.82, 2.24) is 9.88 Å². The number of ketones is 1. The highest BCUT2D eigenvalue weighted by Gasteiger charge is 2.37. The summed E-state index contributed by atoms with van der Waals surface area (Å²) in [7, 11) is 0. The predicted molar refractivity (Wildman–Crippen MR) is 136 cm³/mol. The molecule has 1 aliphatic heterocycles. The molecule has 39 heavy (non-hydrogen) atoms. The van der Waals surface area contributed by atoms with E-state index in [0.29, 0.717) is 43.1 Å². The number of hydrogen-bond acceptors (Lipinski definition) is 6. The Hall–Kier alpha value is -3.83. The molecular formula is C28H27F4N3O4. The van der Waals surface area contributed by atoms with Crippen molar-refractivity contribution < 1.29 is 36.6 Å². The van der Waals surface area contributed by atoms with Crippen molar-refractivity contribution in [2.75, 3.05) is 31.6 Å². The van der Waals surface area contributed by atoms with Gasteiger partial charge in [0, 0.05) is 36.8 Å². The average molecular weight is 546 g/mol. The Balaban J connectivity index is 1.54. The fourth-order valence-electron chi connectivity index (χ4n) is 4.20. The fourth-order valence-corrected chi connectivity index (χ4v) is 4.20. The SMILES string of the molecule is CC(C)(C(=O)Nc1cc(C(=O)Cc2ccc(-c3ccccc3F)nc2)ccc1OC(F)(F)F)N1CCOCC1. The van der Waals surface area contributed by atoms with Crippen LogP contribution in [0.5, 0.6) is 5.75 Å². The molecule has 1 saturated heterocycles. The topological polar surface area (TPSA) is 80.8 Å². The van der Waals surface area contributed by atoms with Gasteiger partial charge >= 0.3 is 6.36 Å². The van der Waals surface area contributed by atoms with Crippen molar-refractivity contribution in [3.63, 3.8) is 0 Å². The number of aromatic nitrogens is 1. The maximum atomic E-state index is 14.0. The Morgan fingerprint density at radius 1 is 1.05 bits per heavy atom. The van der Waals surface area contributed by atoms with Crippen LogP contribution in [-0.2, 0) is 16.0 Å². The summed E-state index contributed by atoms with van der Waals surface area (Å²) in [6.07, 6.45) is -3.68. The Morgan fingerprint density at radius 2 is 1.77 bits per heavy atom. The molecule has 1 N–H and O–H groups in total. The number of anilines is 1. The van der Waals surface area contributed by atoms with E-state index < -0.39 is 35.2 Å². The van der Waals surface area contributed by atoms with Crippen LogP contribution in [0.3, 0.4) is 0 Å². The van der Waals surface area contributed by atoms with Gasteiger partial charge in [-0.05, 0) is 55.8 Å². The van der Waals surface area contributed by atoms with Crippen LogP contribution < -0.4 is 10.1 Å². The van der Waals surface area contributed by atoms with Gasteiger partial charge < -0.3 is 14.8 Å². The Kier molecular flexibility index (Phi) is 8.31. The molecule has 0 atom stereocenters. The van der Waals surface area contributed by atoms with Crippen LogP contribution in [0.2, 0.25) is 0 Å². The third kappa shape index (κ3) is 6.98. The van der Waals surface area contributed by atoms with E-state index >= 15 is 0 Å². The highest BCUT2D eigenvalue weighted by molar-refractivity contribution is 6.02. The number of ether oxygens (including phenoxy) is 2. The van der Waals surface area contributed by atoms with Gasteiger partial charge in [0.05, 0.1) is 30.1 Å². The number of alkyl halides is 3. The molecule has 4 rings (SSSR count). The number of halogens is 4. The largest absolute Gasteiger partial charge is 0.573 e. The summed E-state index contributed by atoms with van der Waals surface area (Å²) in [5, 5.41) is 2.51. The van der Waals surface area contributed by atoms with Crippen molar-refractivity contribution in [3.8, 4) is 17.0 Å². The van der Waals surface area contributed by atoms with E-state index in [0.717, 1.165) is 12.1 Å². The molecule has 1 amide bonds. The second-order valence-corrected chi connectivity index (χ2v) is 9.50. The van der Waals surface area contributed by atoms with Gasteiger partial charge in [-0.3, -0.25) is 19.5 Å². The lowest BCUT2D eigenvalue weighted by Gasteiger charge is -2.39. The monoisotopic (exact) mass is 545 g/mol. The van der Waals surface area contributed by atoms with Crippen LogP contribution in [0.1, 0.15) is 29.8 Å². The molecule has 1 fully saturated rings. The van der Waals surface area contributed by atoms with Crippen LogP contribution >= 0.6 is 0 Å². The average Bonchev–Trinajstić information content (AvgIpc) is 2.90. The summed E-state index contributed by atoms with van der Waals surface area (Å²) in [4.78, 5) is 32.3. The van der Waals surface area contributed by atoms with Crippen molar-refractivity contribution in [2.24, 2.45) is 0 Å². The summed E-state index contributed by atoms with van der Waals surface area (Å²) in [6.45, 7) is 5.14. The minimum atomic E-state index is -5.00. The van der Waals surface area contributed by atoms with Crippen molar-refractivity contribution >= 4 is 17.4 Å². The Bertz CT molecular complexity index is 1340. The van der Waals surface area contributed by atoms with Gasteiger partial charge in [0.15, 0.2) is 11.5 Å². The lowest BCUT2D eigenvalue weighted by atomic mass is 9.99. The molecule has 11 heteroatoms. The molecule has 0 saturated carbocycles. The Morgan fingerprint density at radius 3 is 2.41 bits per heavy atom. The van der Waals surface area contributed by atoms with Gasteiger partial charge in [0.2, 0.25) is 5.91 Å². The number of pyridine rings is 1. The van der Waals surface area contributed by atoms with Gasteiger partial charge in [0.1, 0.15) is 5.82 Å². The summed E-state index contributed by atoms with van der Waals surface area (Å²) in [5.41, 5.74) is -0.0402. The summed E-state index contributed by atoms with van der Waals surface area (Å²) in [6, 6.07) is 12.7. The van der Waals surface area contributed by atoms with Gasteiger partial charge in [-0.25, -0.2) is 4.39 Å². The highest BCUT2D eigenvalue weighted by atomic mass is 19.4. The molecule has 0 spiro atoms. The van der Waals surface area contributed by atoms with Crippen molar-refractivity contribution in [3.05, 3.63) is 77.7 Å². The predicted octanol–water partition coefficient (Wildman–Crippen LogP) is 5.26. The highest BCUT2D eigenvalue weighted by Crippen LogP contribution is 2.33. The molecule has 2 heterocycles. The number of Topliss-reactive ketones (excluding diaryl/α,β-unsaturated/α-hetero) is 1. The first-order chi connectivity index (χ1) is 18.4. The van der Waals surface area contributed by atoms with Gasteiger partial charge in [-0.15, -0.1) is 13.2 Å². The quantitative estimate of drug-likeness (QED) is 0.307. The second-order valence-electron chi connectivity index (χ2n) is 9.50. The molecular weight excluding hydrogens is 518 g/mol. The number of nitrogens with one attached hydrogen (secondary N) is 1. The molecule has 0 aliphatic carbocycles. The van der Waals surface area contributed by atoms with Gasteiger partial charge in [-0.1, -0.05) is 18.2 Å². The van der Waals surface area contributed by atoms with E-state index in [9.17, 15) is 27.2 Å². The zero-order chi connectivity index (χ0) is 28.2. The van der Waals surface area contributed by atoms with E-state index in [1.807, 2.05) is 4.90 Å². The smallest absolute Gasteiger partial charge is 0.404 e. The first-order valence-electron chi connectivity index (χ1n) is 12.2. The van der Waals surface area contributed by atoms with Crippen LogP contribution in [0.15, 0.2) is 60.8 Å². The van der Waals surface area contributed by atoms with E-state index in [4.69, 9.17) is 4.74 Å². The lowest BCUT2D eigenvalue weighted by molar-refractivity contribution is -0.274. The first-order valence-corrected chi connectivity index (χ1v) is 12.2. The van der Waals surface area contributed by atoms with Crippen LogP contribution in [0.4, 0.5) is 23.2 Å². The van der Waals surface area contributed by atoms with E-state index in [2.05, 4.69) is 15.0 Å². The molecule has 3 aromatic rings. The number of rotatable bonds is 8. The second kappa shape index (κ2) is 11.5. The molecule has 0 unspecified atom stereocenters. The molecule has 206 valence electrons. The normalized spacial score (nSPS) is 14.6. The molecule has 1 aliphatic rings. The number of hydrogen-bond donors (Lipinski definition) is 1. The number of benzene rings is 2. The zero-order valence-electron chi connectivity index (χ0n) is 21.3. The Labute approximate surface area is 222 Å². The van der Waals surface area contributed by atoms with E-state index in [1.165, 1.54) is 18.3 Å². The maximum absolute atomic E-state index is 14.0. The molecule has 2 aromatic carbocycles. The number of nitrogens with zero attached hydrogens (tertiary/aromatic N) is 2. The van der Waals surface area contributed by atoms with Crippen molar-refractivity contribution in [2.45, 2.75) is 32.2 Å². The number of carbonyl (C=O) groups is 2.